The van der Waals surface area contributed by atoms with Crippen molar-refractivity contribution >= 4 is 23.9 Å². The summed E-state index contributed by atoms with van der Waals surface area (Å²) in [6.45, 7) is 2.09. The number of thioether (sulfide) groups is 1. The molecule has 4 nitrogen and oxygen atoms in total. The molecular weight excluding hydrogens is 284 g/mol. The molecular formula is C13H15F2N3OS. The van der Waals surface area contributed by atoms with Crippen molar-refractivity contribution in [3.8, 4) is 0 Å². The van der Waals surface area contributed by atoms with Crippen LogP contribution in [0.3, 0.4) is 0 Å². The molecule has 1 saturated heterocycles. The summed E-state index contributed by atoms with van der Waals surface area (Å²) in [4.78, 5) is 13.7. The van der Waals surface area contributed by atoms with E-state index in [0.29, 0.717) is 12.1 Å². The summed E-state index contributed by atoms with van der Waals surface area (Å²) < 4.78 is 25.7. The smallest absolute Gasteiger partial charge is 0.254 e. The minimum atomic E-state index is -0.939. The van der Waals surface area contributed by atoms with Crippen molar-refractivity contribution in [2.24, 2.45) is 5.10 Å². The standard InChI is InChI=1S/C13H15F2N3OS/c14-11-2-1-10(7-12(11)15)8-16-17-13(19)9-18-3-5-20-6-4-18/h1-2,7-8H,3-6,9H2,(H,17,19). The molecule has 0 spiro atoms. The molecule has 0 atom stereocenters. The van der Waals surface area contributed by atoms with E-state index in [-0.39, 0.29) is 5.91 Å². The first-order chi connectivity index (χ1) is 9.65. The van der Waals surface area contributed by atoms with E-state index in [0.717, 1.165) is 36.7 Å². The molecule has 7 heteroatoms. The van der Waals surface area contributed by atoms with Gasteiger partial charge in [0.2, 0.25) is 0 Å². The van der Waals surface area contributed by atoms with E-state index >= 15 is 0 Å². The van der Waals surface area contributed by atoms with Gasteiger partial charge in [0.1, 0.15) is 0 Å². The van der Waals surface area contributed by atoms with Gasteiger partial charge in [-0.05, 0) is 17.7 Å². The van der Waals surface area contributed by atoms with Crippen LogP contribution in [0.2, 0.25) is 0 Å². The van der Waals surface area contributed by atoms with Gasteiger partial charge in [-0.3, -0.25) is 9.69 Å². The Bertz CT molecular complexity index is 504. The second-order valence-electron chi connectivity index (χ2n) is 4.36. The number of benzene rings is 1. The molecule has 1 N–H and O–H groups in total. The molecule has 2 rings (SSSR count). The number of nitrogens with one attached hydrogen (secondary N) is 1. The number of amides is 1. The number of halogens is 2. The fraction of sp³-hybridized carbons (Fsp3) is 0.385. The Balaban J connectivity index is 1.79. The maximum Gasteiger partial charge on any atom is 0.254 e. The van der Waals surface area contributed by atoms with Gasteiger partial charge in [0.05, 0.1) is 12.8 Å². The highest BCUT2D eigenvalue weighted by Crippen LogP contribution is 2.08. The van der Waals surface area contributed by atoms with Gasteiger partial charge in [0.25, 0.3) is 5.91 Å². The maximum atomic E-state index is 12.9. The number of carbonyl (C=O) groups is 1. The molecule has 0 bridgehead atoms. The maximum absolute atomic E-state index is 12.9. The Kier molecular flexibility index (Phi) is 5.49. The van der Waals surface area contributed by atoms with Crippen molar-refractivity contribution in [2.45, 2.75) is 0 Å². The zero-order valence-electron chi connectivity index (χ0n) is 10.8. The second-order valence-corrected chi connectivity index (χ2v) is 5.58. The predicted octanol–water partition coefficient (Wildman–Crippen LogP) is 1.46. The van der Waals surface area contributed by atoms with E-state index in [2.05, 4.69) is 15.4 Å². The average molecular weight is 299 g/mol. The highest BCUT2D eigenvalue weighted by atomic mass is 32.2. The summed E-state index contributed by atoms with van der Waals surface area (Å²) in [5.74, 6) is 0.00700. The number of hydrazone groups is 1. The lowest BCUT2D eigenvalue weighted by Gasteiger charge is -2.24. The van der Waals surface area contributed by atoms with Gasteiger partial charge >= 0.3 is 0 Å². The molecule has 0 aliphatic carbocycles. The summed E-state index contributed by atoms with van der Waals surface area (Å²) in [6.07, 6.45) is 1.28. The highest BCUT2D eigenvalue weighted by molar-refractivity contribution is 7.99. The molecule has 1 aromatic rings. The number of nitrogens with zero attached hydrogens (tertiary/aromatic N) is 2. The molecule has 1 heterocycles. The Morgan fingerprint density at radius 1 is 1.35 bits per heavy atom. The predicted molar refractivity (Wildman–Crippen MR) is 75.9 cm³/mol. The fourth-order valence-electron chi connectivity index (χ4n) is 1.77. The Labute approximate surface area is 120 Å². The largest absolute Gasteiger partial charge is 0.293 e. The van der Waals surface area contributed by atoms with Crippen molar-refractivity contribution in [3.63, 3.8) is 0 Å². The highest BCUT2D eigenvalue weighted by Gasteiger charge is 2.13. The Morgan fingerprint density at radius 2 is 2.10 bits per heavy atom. The third-order valence-electron chi connectivity index (χ3n) is 2.82. The minimum Gasteiger partial charge on any atom is -0.293 e. The van der Waals surface area contributed by atoms with E-state index in [1.54, 1.807) is 0 Å². The van der Waals surface area contributed by atoms with Gasteiger partial charge in [-0.25, -0.2) is 14.2 Å². The summed E-state index contributed by atoms with van der Waals surface area (Å²) >= 11 is 1.87. The Morgan fingerprint density at radius 3 is 2.80 bits per heavy atom. The quantitative estimate of drug-likeness (QED) is 0.676. The summed E-state index contributed by atoms with van der Waals surface area (Å²) in [6, 6.07) is 3.42. The van der Waals surface area contributed by atoms with Crippen LogP contribution in [0.1, 0.15) is 5.56 Å². The molecule has 1 fully saturated rings. The monoisotopic (exact) mass is 299 g/mol. The van der Waals surface area contributed by atoms with Gasteiger partial charge in [-0.15, -0.1) is 0 Å². The Hall–Kier alpha value is -1.47. The molecule has 1 aromatic carbocycles. The molecule has 1 amide bonds. The molecule has 1 aliphatic rings. The van der Waals surface area contributed by atoms with Crippen LogP contribution in [0.5, 0.6) is 0 Å². The summed E-state index contributed by atoms with van der Waals surface area (Å²) in [5, 5.41) is 3.73. The minimum absolute atomic E-state index is 0.212. The molecule has 0 saturated carbocycles. The zero-order chi connectivity index (χ0) is 14.4. The lowest BCUT2D eigenvalue weighted by molar-refractivity contribution is -0.122. The van der Waals surface area contributed by atoms with Crippen LogP contribution < -0.4 is 5.43 Å². The average Bonchev–Trinajstić information content (AvgIpc) is 2.44. The molecule has 0 aromatic heterocycles. The van der Waals surface area contributed by atoms with Crippen molar-refractivity contribution in [1.82, 2.24) is 10.3 Å². The van der Waals surface area contributed by atoms with E-state index in [9.17, 15) is 13.6 Å². The summed E-state index contributed by atoms with van der Waals surface area (Å²) in [7, 11) is 0. The number of hydrogen-bond acceptors (Lipinski definition) is 4. The zero-order valence-corrected chi connectivity index (χ0v) is 11.6. The van der Waals surface area contributed by atoms with Gasteiger partial charge in [0, 0.05) is 24.6 Å². The molecule has 1 aliphatic heterocycles. The second kappa shape index (κ2) is 7.35. The van der Waals surface area contributed by atoms with Crippen LogP contribution in [0.15, 0.2) is 23.3 Å². The number of hydrogen-bond donors (Lipinski definition) is 1. The first-order valence-corrected chi connectivity index (χ1v) is 7.37. The lowest BCUT2D eigenvalue weighted by atomic mass is 10.2. The number of rotatable bonds is 4. The SMILES string of the molecule is O=C(CN1CCSCC1)NN=Cc1ccc(F)c(F)c1. The van der Waals surface area contributed by atoms with Crippen LogP contribution in [0, 0.1) is 11.6 Å². The molecule has 0 unspecified atom stereocenters. The molecule has 0 radical (unpaired) electrons. The van der Waals surface area contributed by atoms with Gasteiger partial charge in [-0.2, -0.15) is 16.9 Å². The van der Waals surface area contributed by atoms with E-state index in [1.807, 2.05) is 11.8 Å². The van der Waals surface area contributed by atoms with Crippen LogP contribution in [-0.2, 0) is 4.79 Å². The van der Waals surface area contributed by atoms with Crippen molar-refractivity contribution in [1.29, 1.82) is 0 Å². The fourth-order valence-corrected chi connectivity index (χ4v) is 2.75. The van der Waals surface area contributed by atoms with Crippen molar-refractivity contribution in [3.05, 3.63) is 35.4 Å². The molecule has 20 heavy (non-hydrogen) atoms. The van der Waals surface area contributed by atoms with Crippen molar-refractivity contribution < 1.29 is 13.6 Å². The molecule has 108 valence electrons. The van der Waals surface area contributed by atoms with Crippen LogP contribution >= 0.6 is 11.8 Å². The van der Waals surface area contributed by atoms with Crippen LogP contribution in [0.4, 0.5) is 8.78 Å². The normalized spacial score (nSPS) is 16.5. The summed E-state index contributed by atoms with van der Waals surface area (Å²) in [5.41, 5.74) is 2.77. The third kappa shape index (κ3) is 4.57. The first kappa shape index (κ1) is 14.9. The first-order valence-electron chi connectivity index (χ1n) is 6.22. The van der Waals surface area contributed by atoms with Gasteiger partial charge < -0.3 is 0 Å². The van der Waals surface area contributed by atoms with E-state index in [1.165, 1.54) is 12.3 Å². The van der Waals surface area contributed by atoms with Gasteiger partial charge in [-0.1, -0.05) is 6.07 Å². The van der Waals surface area contributed by atoms with Crippen LogP contribution in [-0.4, -0.2) is 48.2 Å². The van der Waals surface area contributed by atoms with Crippen LogP contribution in [0.25, 0.3) is 0 Å². The van der Waals surface area contributed by atoms with E-state index < -0.39 is 11.6 Å². The number of carbonyl (C=O) groups excluding carboxylic acids is 1. The third-order valence-corrected chi connectivity index (χ3v) is 3.76. The van der Waals surface area contributed by atoms with E-state index in [4.69, 9.17) is 0 Å². The van der Waals surface area contributed by atoms with Gasteiger partial charge in [0.15, 0.2) is 11.6 Å². The topological polar surface area (TPSA) is 44.7 Å². The van der Waals surface area contributed by atoms with Crippen molar-refractivity contribution in [2.75, 3.05) is 31.1 Å². The lowest BCUT2D eigenvalue weighted by Crippen LogP contribution is -2.40.